The summed E-state index contributed by atoms with van der Waals surface area (Å²) in [6.07, 6.45) is 3.88. The number of likely N-dealkylation sites (tertiary alicyclic amines) is 2. The van der Waals surface area contributed by atoms with E-state index in [-0.39, 0.29) is 24.0 Å². The smallest absolute Gasteiger partial charge is 0.193 e. The van der Waals surface area contributed by atoms with Gasteiger partial charge in [0.15, 0.2) is 5.96 Å². The van der Waals surface area contributed by atoms with Gasteiger partial charge in [0.1, 0.15) is 0 Å². The Balaban J connectivity index is 0.00000300. The second-order valence-electron chi connectivity index (χ2n) is 8.62. The van der Waals surface area contributed by atoms with Crippen LogP contribution in [-0.4, -0.2) is 68.2 Å². The van der Waals surface area contributed by atoms with Crippen molar-refractivity contribution in [2.45, 2.75) is 45.8 Å². The molecule has 0 aromatic heterocycles. The number of hydrogen-bond donors (Lipinski definition) is 1. The summed E-state index contributed by atoms with van der Waals surface area (Å²) >= 11 is 0. The molecule has 6 heteroatoms. The SMILES string of the molecule is CN=C(NCC(C)N1CCCC(C)C1)N1CCC(COCc2ccccc2)C1.I. The number of piperidine rings is 1. The molecule has 0 radical (unpaired) electrons. The molecule has 164 valence electrons. The highest BCUT2D eigenvalue weighted by molar-refractivity contribution is 14.0. The summed E-state index contributed by atoms with van der Waals surface area (Å²) in [5.41, 5.74) is 1.25. The molecule has 3 unspecified atom stereocenters. The third-order valence-corrected chi connectivity index (χ3v) is 6.13. The average Bonchev–Trinajstić information content (AvgIpc) is 3.18. The summed E-state index contributed by atoms with van der Waals surface area (Å²) in [4.78, 5) is 9.55. The zero-order valence-electron chi connectivity index (χ0n) is 18.3. The molecule has 5 nitrogen and oxygen atoms in total. The summed E-state index contributed by atoms with van der Waals surface area (Å²) < 4.78 is 5.96. The summed E-state index contributed by atoms with van der Waals surface area (Å²) in [7, 11) is 1.90. The maximum atomic E-state index is 5.96. The van der Waals surface area contributed by atoms with Crippen LogP contribution in [0.1, 0.15) is 38.7 Å². The fourth-order valence-corrected chi connectivity index (χ4v) is 4.41. The van der Waals surface area contributed by atoms with Gasteiger partial charge in [-0.2, -0.15) is 0 Å². The van der Waals surface area contributed by atoms with E-state index in [1.807, 2.05) is 13.1 Å². The summed E-state index contributed by atoms with van der Waals surface area (Å²) in [5.74, 6) is 2.45. The van der Waals surface area contributed by atoms with Crippen molar-refractivity contribution in [3.63, 3.8) is 0 Å². The lowest BCUT2D eigenvalue weighted by Crippen LogP contribution is -2.49. The Kier molecular flexibility index (Phi) is 10.7. The Hall–Kier alpha value is -0.860. The summed E-state index contributed by atoms with van der Waals surface area (Å²) in [6.45, 7) is 11.8. The Morgan fingerprint density at radius 2 is 2.00 bits per heavy atom. The van der Waals surface area contributed by atoms with Crippen molar-refractivity contribution in [2.75, 3.05) is 46.4 Å². The first-order valence-corrected chi connectivity index (χ1v) is 11.0. The van der Waals surface area contributed by atoms with E-state index in [1.54, 1.807) is 0 Å². The molecule has 2 saturated heterocycles. The molecular formula is C23H39IN4O. The molecule has 1 aromatic rings. The minimum Gasteiger partial charge on any atom is -0.376 e. The molecule has 3 rings (SSSR count). The van der Waals surface area contributed by atoms with Crippen LogP contribution >= 0.6 is 24.0 Å². The van der Waals surface area contributed by atoms with Crippen LogP contribution in [-0.2, 0) is 11.3 Å². The van der Waals surface area contributed by atoms with Crippen LogP contribution in [0, 0.1) is 11.8 Å². The first-order valence-electron chi connectivity index (χ1n) is 11.0. The van der Waals surface area contributed by atoms with E-state index < -0.39 is 0 Å². The second-order valence-corrected chi connectivity index (χ2v) is 8.62. The van der Waals surface area contributed by atoms with Crippen molar-refractivity contribution in [3.05, 3.63) is 35.9 Å². The van der Waals surface area contributed by atoms with Gasteiger partial charge in [0, 0.05) is 45.2 Å². The van der Waals surface area contributed by atoms with Gasteiger partial charge in [0.05, 0.1) is 13.2 Å². The Labute approximate surface area is 194 Å². The number of nitrogens with zero attached hydrogens (tertiary/aromatic N) is 3. The zero-order chi connectivity index (χ0) is 19.8. The number of hydrogen-bond acceptors (Lipinski definition) is 3. The summed E-state index contributed by atoms with van der Waals surface area (Å²) in [5, 5.41) is 3.62. The largest absolute Gasteiger partial charge is 0.376 e. The first-order chi connectivity index (χ1) is 13.7. The van der Waals surface area contributed by atoms with Crippen LogP contribution in [0.5, 0.6) is 0 Å². The molecule has 0 spiro atoms. The molecule has 2 fully saturated rings. The van der Waals surface area contributed by atoms with E-state index in [0.717, 1.165) is 38.1 Å². The minimum atomic E-state index is 0. The highest BCUT2D eigenvalue weighted by atomic mass is 127. The Morgan fingerprint density at radius 1 is 1.21 bits per heavy atom. The minimum absolute atomic E-state index is 0. The molecule has 3 atom stereocenters. The van der Waals surface area contributed by atoms with Gasteiger partial charge in [-0.3, -0.25) is 9.89 Å². The number of aliphatic imine (C=N–C) groups is 1. The third kappa shape index (κ3) is 7.72. The van der Waals surface area contributed by atoms with Crippen molar-refractivity contribution in [2.24, 2.45) is 16.8 Å². The van der Waals surface area contributed by atoms with E-state index in [0.29, 0.717) is 18.6 Å². The molecule has 2 aliphatic rings. The lowest BCUT2D eigenvalue weighted by molar-refractivity contribution is 0.0906. The predicted octanol–water partition coefficient (Wildman–Crippen LogP) is 3.84. The molecule has 0 amide bonds. The van der Waals surface area contributed by atoms with Gasteiger partial charge < -0.3 is 15.0 Å². The Morgan fingerprint density at radius 3 is 2.72 bits per heavy atom. The molecule has 0 aliphatic carbocycles. The molecule has 0 saturated carbocycles. The lowest BCUT2D eigenvalue weighted by Gasteiger charge is -2.36. The van der Waals surface area contributed by atoms with Crippen LogP contribution in [0.3, 0.4) is 0 Å². The highest BCUT2D eigenvalue weighted by Gasteiger charge is 2.26. The monoisotopic (exact) mass is 514 g/mol. The molecule has 0 bridgehead atoms. The predicted molar refractivity (Wildman–Crippen MR) is 132 cm³/mol. The average molecular weight is 514 g/mol. The van der Waals surface area contributed by atoms with E-state index in [1.165, 1.54) is 37.9 Å². The number of ether oxygens (including phenoxy) is 1. The topological polar surface area (TPSA) is 40.1 Å². The maximum Gasteiger partial charge on any atom is 0.193 e. The number of rotatable bonds is 7. The van der Waals surface area contributed by atoms with Crippen LogP contribution < -0.4 is 5.32 Å². The van der Waals surface area contributed by atoms with Gasteiger partial charge in [-0.05, 0) is 44.2 Å². The van der Waals surface area contributed by atoms with Crippen LogP contribution in [0.15, 0.2) is 35.3 Å². The second kappa shape index (κ2) is 12.7. The molecule has 1 aromatic carbocycles. The van der Waals surface area contributed by atoms with E-state index in [4.69, 9.17) is 4.74 Å². The third-order valence-electron chi connectivity index (χ3n) is 6.13. The van der Waals surface area contributed by atoms with Crippen LogP contribution in [0.4, 0.5) is 0 Å². The fourth-order valence-electron chi connectivity index (χ4n) is 4.41. The number of benzene rings is 1. The van der Waals surface area contributed by atoms with Crippen molar-refractivity contribution in [3.8, 4) is 0 Å². The molecular weight excluding hydrogens is 475 g/mol. The maximum absolute atomic E-state index is 5.96. The lowest BCUT2D eigenvalue weighted by atomic mass is 9.99. The van der Waals surface area contributed by atoms with Gasteiger partial charge in [0.25, 0.3) is 0 Å². The van der Waals surface area contributed by atoms with Crippen molar-refractivity contribution in [1.29, 1.82) is 0 Å². The standard InChI is InChI=1S/C23H38N4O.HI/c1-19-8-7-12-26(15-19)20(2)14-25-23(24-3)27-13-11-22(16-27)18-28-17-21-9-5-4-6-10-21;/h4-6,9-10,19-20,22H,7-8,11-18H2,1-3H3,(H,24,25);1H. The van der Waals surface area contributed by atoms with Gasteiger partial charge in [0.2, 0.25) is 0 Å². The van der Waals surface area contributed by atoms with Gasteiger partial charge in [-0.15, -0.1) is 24.0 Å². The number of nitrogens with one attached hydrogen (secondary N) is 1. The van der Waals surface area contributed by atoms with E-state index >= 15 is 0 Å². The Bertz CT molecular complexity index is 612. The van der Waals surface area contributed by atoms with Gasteiger partial charge >= 0.3 is 0 Å². The van der Waals surface area contributed by atoms with Crippen molar-refractivity contribution >= 4 is 29.9 Å². The van der Waals surface area contributed by atoms with Crippen molar-refractivity contribution < 1.29 is 4.74 Å². The molecule has 29 heavy (non-hydrogen) atoms. The number of halogens is 1. The van der Waals surface area contributed by atoms with Crippen LogP contribution in [0.2, 0.25) is 0 Å². The fraction of sp³-hybridized carbons (Fsp3) is 0.696. The summed E-state index contributed by atoms with van der Waals surface area (Å²) in [6, 6.07) is 11.0. The molecule has 2 heterocycles. The van der Waals surface area contributed by atoms with Gasteiger partial charge in [-0.1, -0.05) is 37.3 Å². The quantitative estimate of drug-likeness (QED) is 0.341. The normalized spacial score (nSPS) is 24.2. The first kappa shape index (κ1) is 24.4. The van der Waals surface area contributed by atoms with Crippen LogP contribution in [0.25, 0.3) is 0 Å². The zero-order valence-corrected chi connectivity index (χ0v) is 20.7. The molecule has 1 N–H and O–H groups in total. The van der Waals surface area contributed by atoms with E-state index in [2.05, 4.69) is 58.2 Å². The van der Waals surface area contributed by atoms with Gasteiger partial charge in [-0.25, -0.2) is 0 Å². The molecule has 2 aliphatic heterocycles. The van der Waals surface area contributed by atoms with E-state index in [9.17, 15) is 0 Å². The van der Waals surface area contributed by atoms with Crippen molar-refractivity contribution in [1.82, 2.24) is 15.1 Å². The number of guanidine groups is 1. The highest BCUT2D eigenvalue weighted by Crippen LogP contribution is 2.19.